The van der Waals surface area contributed by atoms with E-state index in [4.69, 9.17) is 0 Å². The van der Waals surface area contributed by atoms with E-state index in [2.05, 4.69) is 10.3 Å². The standard InChI is InChI=1S/C12H13N3O/c1-8(16)7-9-3-2-4-11-12(9)15(14-13-11)10-5-6-10/h2-4,10H,5-7H2,1H3. The first-order valence-corrected chi connectivity index (χ1v) is 5.58. The first-order valence-electron chi connectivity index (χ1n) is 5.58. The van der Waals surface area contributed by atoms with E-state index in [1.165, 1.54) is 12.8 Å². The molecule has 4 heteroatoms. The van der Waals surface area contributed by atoms with Gasteiger partial charge in [-0.15, -0.1) is 5.10 Å². The molecule has 2 aromatic rings. The lowest BCUT2D eigenvalue weighted by Crippen LogP contribution is -2.02. The van der Waals surface area contributed by atoms with Gasteiger partial charge in [-0.1, -0.05) is 17.3 Å². The molecule has 0 aliphatic heterocycles. The second-order valence-corrected chi connectivity index (χ2v) is 4.43. The highest BCUT2D eigenvalue weighted by molar-refractivity contribution is 5.86. The van der Waals surface area contributed by atoms with E-state index in [1.54, 1.807) is 6.92 Å². The number of benzene rings is 1. The van der Waals surface area contributed by atoms with Gasteiger partial charge in [-0.2, -0.15) is 0 Å². The lowest BCUT2D eigenvalue weighted by Gasteiger charge is -2.04. The van der Waals surface area contributed by atoms with E-state index < -0.39 is 0 Å². The van der Waals surface area contributed by atoms with Crippen molar-refractivity contribution >= 4 is 16.8 Å². The van der Waals surface area contributed by atoms with Gasteiger partial charge < -0.3 is 0 Å². The van der Waals surface area contributed by atoms with Crippen molar-refractivity contribution in [2.75, 3.05) is 0 Å². The molecular weight excluding hydrogens is 202 g/mol. The van der Waals surface area contributed by atoms with Gasteiger partial charge in [0.05, 0.1) is 11.6 Å². The Kier molecular flexibility index (Phi) is 2.02. The molecule has 82 valence electrons. The Hall–Kier alpha value is -1.71. The molecule has 0 amide bonds. The van der Waals surface area contributed by atoms with Crippen molar-refractivity contribution in [3.8, 4) is 0 Å². The molecule has 0 bridgehead atoms. The molecule has 1 heterocycles. The lowest BCUT2D eigenvalue weighted by molar-refractivity contribution is -0.116. The first kappa shape index (κ1) is 9.51. The molecule has 0 N–H and O–H groups in total. The number of Topliss-reactive ketones (excluding diaryl/α,β-unsaturated/α-hetero) is 1. The van der Waals surface area contributed by atoms with Gasteiger partial charge in [0.2, 0.25) is 0 Å². The minimum absolute atomic E-state index is 0.177. The van der Waals surface area contributed by atoms with Gasteiger partial charge in [0.1, 0.15) is 11.3 Å². The highest BCUT2D eigenvalue weighted by atomic mass is 16.1. The zero-order chi connectivity index (χ0) is 11.1. The zero-order valence-electron chi connectivity index (χ0n) is 9.18. The predicted molar refractivity (Wildman–Crippen MR) is 60.2 cm³/mol. The van der Waals surface area contributed by atoms with Crippen molar-refractivity contribution in [1.82, 2.24) is 15.0 Å². The molecule has 1 aromatic carbocycles. The molecule has 1 saturated carbocycles. The molecule has 0 radical (unpaired) electrons. The summed E-state index contributed by atoms with van der Waals surface area (Å²) in [5.41, 5.74) is 2.98. The van der Waals surface area contributed by atoms with Crippen LogP contribution in [0.3, 0.4) is 0 Å². The highest BCUT2D eigenvalue weighted by Crippen LogP contribution is 2.36. The summed E-state index contributed by atoms with van der Waals surface area (Å²) in [6, 6.07) is 6.38. The molecular formula is C12H13N3O. The molecule has 3 rings (SSSR count). The van der Waals surface area contributed by atoms with Crippen molar-refractivity contribution in [1.29, 1.82) is 0 Å². The second kappa shape index (κ2) is 3.40. The van der Waals surface area contributed by atoms with Gasteiger partial charge in [-0.3, -0.25) is 4.79 Å². The van der Waals surface area contributed by atoms with Crippen molar-refractivity contribution in [3.63, 3.8) is 0 Å². The van der Waals surface area contributed by atoms with Crippen LogP contribution in [-0.2, 0) is 11.2 Å². The Balaban J connectivity index is 2.17. The highest BCUT2D eigenvalue weighted by Gasteiger charge is 2.27. The molecule has 4 nitrogen and oxygen atoms in total. The predicted octanol–water partition coefficient (Wildman–Crippen LogP) is 1.90. The van der Waals surface area contributed by atoms with E-state index in [9.17, 15) is 4.79 Å². The number of hydrogen-bond donors (Lipinski definition) is 0. The molecule has 1 fully saturated rings. The maximum Gasteiger partial charge on any atom is 0.134 e. The van der Waals surface area contributed by atoms with Crippen molar-refractivity contribution in [2.24, 2.45) is 0 Å². The molecule has 0 unspecified atom stereocenters. The summed E-state index contributed by atoms with van der Waals surface area (Å²) in [6.07, 6.45) is 2.82. The van der Waals surface area contributed by atoms with Crippen molar-refractivity contribution < 1.29 is 4.79 Å². The summed E-state index contributed by atoms with van der Waals surface area (Å²) < 4.78 is 1.98. The fourth-order valence-corrected chi connectivity index (χ4v) is 2.05. The number of para-hydroxylation sites is 1. The number of fused-ring (bicyclic) bond motifs is 1. The maximum absolute atomic E-state index is 11.2. The SMILES string of the molecule is CC(=O)Cc1cccc2nnn(C3CC3)c12. The van der Waals surface area contributed by atoms with Crippen LogP contribution in [0.4, 0.5) is 0 Å². The largest absolute Gasteiger partial charge is 0.300 e. The quantitative estimate of drug-likeness (QED) is 0.785. The topological polar surface area (TPSA) is 47.8 Å². The van der Waals surface area contributed by atoms with E-state index in [0.29, 0.717) is 12.5 Å². The van der Waals surface area contributed by atoms with E-state index in [1.807, 2.05) is 22.9 Å². The molecule has 0 saturated heterocycles. The third-order valence-electron chi connectivity index (χ3n) is 2.91. The molecule has 1 aliphatic rings. The summed E-state index contributed by atoms with van der Waals surface area (Å²) in [5.74, 6) is 0.177. The zero-order valence-corrected chi connectivity index (χ0v) is 9.18. The normalized spacial score (nSPS) is 15.6. The third kappa shape index (κ3) is 1.50. The molecule has 0 spiro atoms. The summed E-state index contributed by atoms with van der Waals surface area (Å²) in [6.45, 7) is 1.62. The fourth-order valence-electron chi connectivity index (χ4n) is 2.05. The monoisotopic (exact) mass is 215 g/mol. The Morgan fingerprint density at radius 1 is 1.50 bits per heavy atom. The van der Waals surface area contributed by atoms with Crippen LogP contribution in [0.15, 0.2) is 18.2 Å². The van der Waals surface area contributed by atoms with Crippen LogP contribution in [0.25, 0.3) is 11.0 Å². The van der Waals surface area contributed by atoms with Gasteiger partial charge in [0, 0.05) is 6.42 Å². The van der Waals surface area contributed by atoms with E-state index in [0.717, 1.165) is 16.6 Å². The Morgan fingerprint density at radius 3 is 3.00 bits per heavy atom. The minimum atomic E-state index is 0.177. The van der Waals surface area contributed by atoms with Gasteiger partial charge >= 0.3 is 0 Å². The van der Waals surface area contributed by atoms with Crippen LogP contribution in [0.2, 0.25) is 0 Å². The van der Waals surface area contributed by atoms with Crippen LogP contribution in [0, 0.1) is 0 Å². The number of rotatable bonds is 3. The number of nitrogens with zero attached hydrogens (tertiary/aromatic N) is 3. The average molecular weight is 215 g/mol. The molecule has 1 aromatic heterocycles. The van der Waals surface area contributed by atoms with Crippen LogP contribution >= 0.6 is 0 Å². The minimum Gasteiger partial charge on any atom is -0.300 e. The first-order chi connectivity index (χ1) is 7.75. The average Bonchev–Trinajstić information content (AvgIpc) is 2.98. The van der Waals surface area contributed by atoms with Crippen LogP contribution < -0.4 is 0 Å². The van der Waals surface area contributed by atoms with Gasteiger partial charge in [0.25, 0.3) is 0 Å². The van der Waals surface area contributed by atoms with Crippen LogP contribution in [-0.4, -0.2) is 20.8 Å². The van der Waals surface area contributed by atoms with Crippen molar-refractivity contribution in [2.45, 2.75) is 32.2 Å². The second-order valence-electron chi connectivity index (χ2n) is 4.43. The summed E-state index contributed by atoms with van der Waals surface area (Å²) in [7, 11) is 0. The molecule has 0 atom stereocenters. The Morgan fingerprint density at radius 2 is 2.31 bits per heavy atom. The number of carbonyl (C=O) groups excluding carboxylic acids is 1. The van der Waals surface area contributed by atoms with Crippen LogP contribution in [0.5, 0.6) is 0 Å². The summed E-state index contributed by atoms with van der Waals surface area (Å²) >= 11 is 0. The molecule has 16 heavy (non-hydrogen) atoms. The smallest absolute Gasteiger partial charge is 0.134 e. The third-order valence-corrected chi connectivity index (χ3v) is 2.91. The summed E-state index contributed by atoms with van der Waals surface area (Å²) in [5, 5.41) is 8.33. The Bertz CT molecular complexity index is 554. The van der Waals surface area contributed by atoms with Gasteiger partial charge in [0.15, 0.2) is 0 Å². The Labute approximate surface area is 93.3 Å². The van der Waals surface area contributed by atoms with Crippen LogP contribution in [0.1, 0.15) is 31.4 Å². The number of ketones is 1. The maximum atomic E-state index is 11.2. The van der Waals surface area contributed by atoms with Gasteiger partial charge in [-0.25, -0.2) is 4.68 Å². The number of carbonyl (C=O) groups is 1. The van der Waals surface area contributed by atoms with E-state index in [-0.39, 0.29) is 5.78 Å². The lowest BCUT2D eigenvalue weighted by atomic mass is 10.1. The van der Waals surface area contributed by atoms with Crippen molar-refractivity contribution in [3.05, 3.63) is 23.8 Å². The number of aromatic nitrogens is 3. The molecule has 1 aliphatic carbocycles. The van der Waals surface area contributed by atoms with Gasteiger partial charge in [-0.05, 0) is 31.4 Å². The summed E-state index contributed by atoms with van der Waals surface area (Å²) in [4.78, 5) is 11.2. The fraction of sp³-hybridized carbons (Fsp3) is 0.417. The van der Waals surface area contributed by atoms with E-state index >= 15 is 0 Å². The number of hydrogen-bond acceptors (Lipinski definition) is 3.